The number of amides is 1. The second kappa shape index (κ2) is 7.86. The lowest BCUT2D eigenvalue weighted by atomic mass is 9.96. The number of carbonyl (C=O) groups excluding carboxylic acids is 1. The van der Waals surface area contributed by atoms with E-state index in [-0.39, 0.29) is 17.9 Å². The zero-order chi connectivity index (χ0) is 20.6. The van der Waals surface area contributed by atoms with Gasteiger partial charge in [0, 0.05) is 50.5 Å². The van der Waals surface area contributed by atoms with E-state index in [9.17, 15) is 13.2 Å². The number of anilines is 1. The second-order valence-corrected chi connectivity index (χ2v) is 9.88. The van der Waals surface area contributed by atoms with Crippen LogP contribution in [0.15, 0.2) is 12.4 Å². The number of hydrogen-bond donors (Lipinski definition) is 1. The van der Waals surface area contributed by atoms with Crippen LogP contribution in [0.2, 0.25) is 0 Å². The zero-order valence-electron chi connectivity index (χ0n) is 16.8. The molecule has 0 aliphatic carbocycles. The van der Waals surface area contributed by atoms with Gasteiger partial charge in [-0.3, -0.25) is 9.20 Å². The summed E-state index contributed by atoms with van der Waals surface area (Å²) in [7, 11) is -3.17. The molecule has 29 heavy (non-hydrogen) atoms. The summed E-state index contributed by atoms with van der Waals surface area (Å²) in [6.45, 7) is 4.32. The number of aryl methyl sites for hydroxylation is 1. The van der Waals surface area contributed by atoms with Crippen LogP contribution in [-0.2, 0) is 14.8 Å². The lowest BCUT2D eigenvalue weighted by molar-refractivity contribution is -0.127. The van der Waals surface area contributed by atoms with E-state index < -0.39 is 10.0 Å². The van der Waals surface area contributed by atoms with Crippen LogP contribution >= 0.6 is 0 Å². The molecule has 0 aromatic carbocycles. The van der Waals surface area contributed by atoms with Crippen LogP contribution in [0, 0.1) is 12.8 Å². The second-order valence-electron chi connectivity index (χ2n) is 7.90. The quantitative estimate of drug-likeness (QED) is 0.750. The molecule has 0 unspecified atom stereocenters. The minimum Gasteiger partial charge on any atom is -0.353 e. The Bertz CT molecular complexity index is 990. The fraction of sp³-hybridized carbons (Fsp3) is 0.667. The molecule has 1 N–H and O–H groups in total. The molecule has 4 heterocycles. The number of fused-ring (bicyclic) bond motifs is 1. The van der Waals surface area contributed by atoms with Crippen molar-refractivity contribution in [3.05, 3.63) is 18.2 Å². The van der Waals surface area contributed by atoms with E-state index in [2.05, 4.69) is 25.4 Å². The summed E-state index contributed by atoms with van der Waals surface area (Å²) in [5, 5.41) is 11.5. The molecule has 2 saturated heterocycles. The van der Waals surface area contributed by atoms with Crippen molar-refractivity contribution in [3.8, 4) is 0 Å². The third-order valence-corrected chi connectivity index (χ3v) is 7.22. The van der Waals surface area contributed by atoms with Gasteiger partial charge in [-0.1, -0.05) is 0 Å². The van der Waals surface area contributed by atoms with Gasteiger partial charge in [0.15, 0.2) is 5.82 Å². The van der Waals surface area contributed by atoms with Crippen LogP contribution in [0.4, 0.5) is 5.82 Å². The largest absolute Gasteiger partial charge is 0.353 e. The molecular weight excluding hydrogens is 394 g/mol. The van der Waals surface area contributed by atoms with E-state index in [4.69, 9.17) is 0 Å². The van der Waals surface area contributed by atoms with Gasteiger partial charge in [0.2, 0.25) is 21.6 Å². The molecule has 2 fully saturated rings. The van der Waals surface area contributed by atoms with Crippen molar-refractivity contribution < 1.29 is 13.2 Å². The number of rotatable bonds is 4. The highest BCUT2D eigenvalue weighted by Gasteiger charge is 2.31. The first kappa shape index (κ1) is 20.0. The van der Waals surface area contributed by atoms with Crippen LogP contribution < -0.4 is 10.2 Å². The van der Waals surface area contributed by atoms with Gasteiger partial charge < -0.3 is 10.2 Å². The van der Waals surface area contributed by atoms with Crippen molar-refractivity contribution in [1.82, 2.24) is 29.2 Å². The number of nitrogens with one attached hydrogen (secondary N) is 1. The molecule has 0 bridgehead atoms. The van der Waals surface area contributed by atoms with E-state index in [0.29, 0.717) is 25.9 Å². The van der Waals surface area contributed by atoms with E-state index in [1.165, 1.54) is 10.6 Å². The smallest absolute Gasteiger partial charge is 0.223 e. The van der Waals surface area contributed by atoms with Gasteiger partial charge in [-0.2, -0.15) is 0 Å². The Morgan fingerprint density at radius 1 is 1.10 bits per heavy atom. The Labute approximate surface area is 170 Å². The SMILES string of the molecule is Cc1nnc2c(N3CCC(NC(=O)C4CCN(S(C)(=O)=O)CC4)CC3)nccn12. The fourth-order valence-electron chi connectivity index (χ4n) is 4.16. The molecule has 2 aliphatic rings. The number of sulfonamides is 1. The molecule has 4 rings (SSSR count). The van der Waals surface area contributed by atoms with Crippen LogP contribution in [0.1, 0.15) is 31.5 Å². The van der Waals surface area contributed by atoms with Crippen molar-refractivity contribution in [2.24, 2.45) is 5.92 Å². The Morgan fingerprint density at radius 2 is 1.79 bits per heavy atom. The third-order valence-electron chi connectivity index (χ3n) is 5.91. The molecule has 0 radical (unpaired) electrons. The predicted octanol–water partition coefficient (Wildman–Crippen LogP) is 0.189. The lowest BCUT2D eigenvalue weighted by Gasteiger charge is -2.35. The van der Waals surface area contributed by atoms with Crippen molar-refractivity contribution in [3.63, 3.8) is 0 Å². The van der Waals surface area contributed by atoms with Gasteiger partial charge in [0.25, 0.3) is 0 Å². The maximum Gasteiger partial charge on any atom is 0.223 e. The summed E-state index contributed by atoms with van der Waals surface area (Å²) in [4.78, 5) is 19.3. The Hall–Kier alpha value is -2.27. The zero-order valence-corrected chi connectivity index (χ0v) is 17.6. The Balaban J connectivity index is 1.30. The number of piperidine rings is 2. The highest BCUT2D eigenvalue weighted by Crippen LogP contribution is 2.23. The molecule has 1 amide bonds. The monoisotopic (exact) mass is 421 g/mol. The standard InChI is InChI=1S/C18H27N7O3S/c1-13-21-22-17-16(19-7-12-25(13)17)23-8-5-15(6-9-23)20-18(26)14-3-10-24(11-4-14)29(2,27)28/h7,12,14-15H,3-6,8-11H2,1-2H3,(H,20,26). The number of aromatic nitrogens is 4. The normalized spacial score (nSPS) is 20.3. The summed E-state index contributed by atoms with van der Waals surface area (Å²) in [5.74, 6) is 1.59. The van der Waals surface area contributed by atoms with Crippen molar-refractivity contribution in [2.75, 3.05) is 37.3 Å². The van der Waals surface area contributed by atoms with Gasteiger partial charge in [-0.05, 0) is 32.6 Å². The highest BCUT2D eigenvalue weighted by molar-refractivity contribution is 7.88. The maximum atomic E-state index is 12.6. The Kier molecular flexibility index (Phi) is 5.43. The summed E-state index contributed by atoms with van der Waals surface area (Å²) < 4.78 is 26.6. The summed E-state index contributed by atoms with van der Waals surface area (Å²) in [6.07, 6.45) is 7.67. The molecule has 2 aliphatic heterocycles. The fourth-order valence-corrected chi connectivity index (χ4v) is 5.03. The van der Waals surface area contributed by atoms with Crippen LogP contribution in [-0.4, -0.2) is 76.7 Å². The minimum atomic E-state index is -3.17. The number of carbonyl (C=O) groups is 1. The molecule has 0 spiro atoms. The van der Waals surface area contributed by atoms with Gasteiger partial charge in [-0.15, -0.1) is 10.2 Å². The first-order valence-corrected chi connectivity index (χ1v) is 11.8. The van der Waals surface area contributed by atoms with Crippen molar-refractivity contribution >= 4 is 27.4 Å². The number of hydrogen-bond acceptors (Lipinski definition) is 7. The van der Waals surface area contributed by atoms with Crippen molar-refractivity contribution in [1.29, 1.82) is 0 Å². The van der Waals surface area contributed by atoms with Crippen molar-refractivity contribution in [2.45, 2.75) is 38.6 Å². The summed E-state index contributed by atoms with van der Waals surface area (Å²) >= 11 is 0. The average Bonchev–Trinajstić information content (AvgIpc) is 3.09. The summed E-state index contributed by atoms with van der Waals surface area (Å²) in [5.41, 5.74) is 0.755. The predicted molar refractivity (Wildman–Crippen MR) is 108 cm³/mol. The molecule has 0 saturated carbocycles. The highest BCUT2D eigenvalue weighted by atomic mass is 32.2. The van der Waals surface area contributed by atoms with E-state index in [1.54, 1.807) is 6.20 Å². The molecule has 2 aromatic rings. The van der Waals surface area contributed by atoms with Gasteiger partial charge >= 0.3 is 0 Å². The first-order valence-electron chi connectivity index (χ1n) is 9.99. The number of nitrogens with zero attached hydrogens (tertiary/aromatic N) is 6. The maximum absolute atomic E-state index is 12.6. The topological polar surface area (TPSA) is 113 Å². The third kappa shape index (κ3) is 4.20. The van der Waals surface area contributed by atoms with Crippen LogP contribution in [0.3, 0.4) is 0 Å². The van der Waals surface area contributed by atoms with Gasteiger partial charge in [0.05, 0.1) is 6.26 Å². The van der Waals surface area contributed by atoms with E-state index in [1.807, 2.05) is 17.5 Å². The van der Waals surface area contributed by atoms with Gasteiger partial charge in [-0.25, -0.2) is 17.7 Å². The minimum absolute atomic E-state index is 0.0462. The molecule has 11 heteroatoms. The molecule has 0 atom stereocenters. The van der Waals surface area contributed by atoms with E-state index in [0.717, 1.165) is 43.2 Å². The average molecular weight is 422 g/mol. The molecular formula is C18H27N7O3S. The van der Waals surface area contributed by atoms with Gasteiger partial charge in [0.1, 0.15) is 5.82 Å². The lowest BCUT2D eigenvalue weighted by Crippen LogP contribution is -2.48. The molecule has 2 aromatic heterocycles. The first-order chi connectivity index (χ1) is 13.8. The molecule has 158 valence electrons. The van der Waals surface area contributed by atoms with Crippen LogP contribution in [0.5, 0.6) is 0 Å². The Morgan fingerprint density at radius 3 is 2.45 bits per heavy atom. The van der Waals surface area contributed by atoms with E-state index >= 15 is 0 Å². The summed E-state index contributed by atoms with van der Waals surface area (Å²) in [6, 6.07) is 0.131. The molecule has 10 nitrogen and oxygen atoms in total. The van der Waals surface area contributed by atoms with Crippen LogP contribution in [0.25, 0.3) is 5.65 Å².